The zero-order valence-corrected chi connectivity index (χ0v) is 13.8. The molecule has 6 heteroatoms. The SMILES string of the molecule is COc1cc(OC)cc(C(N)c2snnc2C(C)(C)C)c1. The van der Waals surface area contributed by atoms with Crippen molar-refractivity contribution in [3.63, 3.8) is 0 Å². The van der Waals surface area contributed by atoms with Gasteiger partial charge in [0.2, 0.25) is 0 Å². The third-order valence-electron chi connectivity index (χ3n) is 3.24. The highest BCUT2D eigenvalue weighted by Gasteiger charge is 2.26. The molecule has 1 atom stereocenters. The maximum Gasteiger partial charge on any atom is 0.122 e. The molecule has 0 aliphatic carbocycles. The van der Waals surface area contributed by atoms with Gasteiger partial charge in [-0.1, -0.05) is 25.3 Å². The minimum absolute atomic E-state index is 0.0943. The number of aromatic nitrogens is 2. The fourth-order valence-corrected chi connectivity index (χ4v) is 2.98. The molecule has 0 saturated carbocycles. The lowest BCUT2D eigenvalue weighted by molar-refractivity contribution is 0.393. The number of nitrogens with two attached hydrogens (primary N) is 1. The summed E-state index contributed by atoms with van der Waals surface area (Å²) >= 11 is 1.34. The molecule has 1 heterocycles. The van der Waals surface area contributed by atoms with E-state index in [9.17, 15) is 0 Å². The van der Waals surface area contributed by atoms with Crippen molar-refractivity contribution >= 4 is 11.5 Å². The molecule has 114 valence electrons. The molecule has 0 aliphatic rings. The van der Waals surface area contributed by atoms with Crippen molar-refractivity contribution in [2.45, 2.75) is 32.2 Å². The predicted octanol–water partition coefficient (Wildman–Crippen LogP) is 2.90. The highest BCUT2D eigenvalue weighted by atomic mass is 32.1. The van der Waals surface area contributed by atoms with Gasteiger partial charge >= 0.3 is 0 Å². The zero-order chi connectivity index (χ0) is 15.6. The smallest absolute Gasteiger partial charge is 0.122 e. The molecule has 1 aromatic heterocycles. The number of benzene rings is 1. The van der Waals surface area contributed by atoms with Crippen LogP contribution in [0.25, 0.3) is 0 Å². The summed E-state index contributed by atoms with van der Waals surface area (Å²) in [7, 11) is 3.25. The molecule has 0 radical (unpaired) electrons. The van der Waals surface area contributed by atoms with E-state index in [0.717, 1.165) is 27.6 Å². The maximum absolute atomic E-state index is 6.42. The monoisotopic (exact) mass is 307 g/mol. The number of hydrogen-bond donors (Lipinski definition) is 1. The number of hydrogen-bond acceptors (Lipinski definition) is 6. The third kappa shape index (κ3) is 3.33. The Bertz CT molecular complexity index is 597. The van der Waals surface area contributed by atoms with Crippen LogP contribution in [0, 0.1) is 0 Å². The molecular formula is C15H21N3O2S. The fourth-order valence-electron chi connectivity index (χ4n) is 2.08. The lowest BCUT2D eigenvalue weighted by Gasteiger charge is -2.20. The van der Waals surface area contributed by atoms with E-state index in [4.69, 9.17) is 15.2 Å². The molecule has 1 unspecified atom stereocenters. The lowest BCUT2D eigenvalue weighted by Crippen LogP contribution is -2.19. The molecule has 0 aliphatic heterocycles. The summed E-state index contributed by atoms with van der Waals surface area (Å²) in [4.78, 5) is 0.970. The minimum Gasteiger partial charge on any atom is -0.497 e. The van der Waals surface area contributed by atoms with E-state index in [1.807, 2.05) is 18.2 Å². The molecule has 0 spiro atoms. The van der Waals surface area contributed by atoms with Gasteiger partial charge in [-0.05, 0) is 29.2 Å². The Labute approximate surface area is 129 Å². The first-order valence-corrected chi connectivity index (χ1v) is 7.45. The lowest BCUT2D eigenvalue weighted by atomic mass is 9.89. The van der Waals surface area contributed by atoms with Crippen LogP contribution in [0.2, 0.25) is 0 Å². The molecule has 0 amide bonds. The van der Waals surface area contributed by atoms with E-state index in [1.165, 1.54) is 11.5 Å². The van der Waals surface area contributed by atoms with Gasteiger partial charge in [-0.25, -0.2) is 0 Å². The number of methoxy groups -OCH3 is 2. The van der Waals surface area contributed by atoms with Crippen LogP contribution in [-0.2, 0) is 5.41 Å². The van der Waals surface area contributed by atoms with Crippen molar-refractivity contribution in [3.8, 4) is 11.5 Å². The van der Waals surface area contributed by atoms with Crippen molar-refractivity contribution in [1.29, 1.82) is 0 Å². The second-order valence-electron chi connectivity index (χ2n) is 5.86. The summed E-state index contributed by atoms with van der Waals surface area (Å²) in [6.45, 7) is 6.31. The molecule has 0 saturated heterocycles. The summed E-state index contributed by atoms with van der Waals surface area (Å²) in [5.74, 6) is 1.43. The summed E-state index contributed by atoms with van der Waals surface area (Å²) < 4.78 is 14.7. The van der Waals surface area contributed by atoms with Crippen molar-refractivity contribution in [2.24, 2.45) is 5.73 Å². The van der Waals surface area contributed by atoms with E-state index >= 15 is 0 Å². The average molecular weight is 307 g/mol. The molecule has 5 nitrogen and oxygen atoms in total. The summed E-state index contributed by atoms with van der Waals surface area (Å²) in [5.41, 5.74) is 8.18. The second-order valence-corrected chi connectivity index (χ2v) is 6.65. The van der Waals surface area contributed by atoms with Gasteiger partial charge in [0.05, 0.1) is 30.8 Å². The molecule has 1 aromatic carbocycles. The van der Waals surface area contributed by atoms with Crippen molar-refractivity contribution in [1.82, 2.24) is 9.59 Å². The average Bonchev–Trinajstić information content (AvgIpc) is 2.95. The van der Waals surface area contributed by atoms with Gasteiger partial charge in [0.15, 0.2) is 0 Å². The van der Waals surface area contributed by atoms with Gasteiger partial charge in [0.1, 0.15) is 11.5 Å². The molecule has 2 N–H and O–H groups in total. The van der Waals surface area contributed by atoms with Crippen LogP contribution in [0.1, 0.15) is 42.9 Å². The van der Waals surface area contributed by atoms with Crippen LogP contribution in [0.3, 0.4) is 0 Å². The van der Waals surface area contributed by atoms with Crippen molar-refractivity contribution < 1.29 is 9.47 Å². The highest BCUT2D eigenvalue weighted by Crippen LogP contribution is 2.34. The van der Waals surface area contributed by atoms with Crippen LogP contribution in [0.15, 0.2) is 18.2 Å². The molecular weight excluding hydrogens is 286 g/mol. The van der Waals surface area contributed by atoms with Crippen LogP contribution >= 0.6 is 11.5 Å². The Morgan fingerprint density at radius 3 is 2.14 bits per heavy atom. The van der Waals surface area contributed by atoms with E-state index < -0.39 is 0 Å². The molecule has 0 fully saturated rings. The van der Waals surface area contributed by atoms with Gasteiger partial charge < -0.3 is 15.2 Å². The normalized spacial score (nSPS) is 13.0. The number of ether oxygens (including phenoxy) is 2. The van der Waals surface area contributed by atoms with E-state index in [0.29, 0.717) is 0 Å². The van der Waals surface area contributed by atoms with Crippen LogP contribution in [0.4, 0.5) is 0 Å². The first-order valence-electron chi connectivity index (χ1n) is 6.68. The Morgan fingerprint density at radius 2 is 1.67 bits per heavy atom. The molecule has 0 bridgehead atoms. The van der Waals surface area contributed by atoms with Gasteiger partial charge in [-0.15, -0.1) is 5.10 Å². The zero-order valence-electron chi connectivity index (χ0n) is 13.0. The van der Waals surface area contributed by atoms with Gasteiger partial charge in [0.25, 0.3) is 0 Å². The third-order valence-corrected chi connectivity index (χ3v) is 4.05. The summed E-state index contributed by atoms with van der Waals surface area (Å²) in [6, 6.07) is 5.35. The highest BCUT2D eigenvalue weighted by molar-refractivity contribution is 7.05. The summed E-state index contributed by atoms with van der Waals surface area (Å²) in [6.07, 6.45) is 0. The maximum atomic E-state index is 6.42. The quantitative estimate of drug-likeness (QED) is 0.940. The first-order chi connectivity index (χ1) is 9.86. The molecule has 2 aromatic rings. The number of nitrogens with zero attached hydrogens (tertiary/aromatic N) is 2. The largest absolute Gasteiger partial charge is 0.497 e. The van der Waals surface area contributed by atoms with E-state index in [-0.39, 0.29) is 11.5 Å². The summed E-state index contributed by atoms with van der Waals surface area (Å²) in [5, 5.41) is 4.25. The Morgan fingerprint density at radius 1 is 1.10 bits per heavy atom. The van der Waals surface area contributed by atoms with Gasteiger partial charge in [-0.2, -0.15) is 0 Å². The van der Waals surface area contributed by atoms with Crippen molar-refractivity contribution in [3.05, 3.63) is 34.3 Å². The predicted molar refractivity (Wildman–Crippen MR) is 84.2 cm³/mol. The first kappa shape index (κ1) is 15.7. The number of rotatable bonds is 4. The Kier molecular flexibility index (Phi) is 4.49. The standard InChI is InChI=1S/C15H21N3O2S/c1-15(2,3)14-13(21-18-17-14)12(16)9-6-10(19-4)8-11(7-9)20-5/h6-8,12H,16H2,1-5H3. The van der Waals surface area contributed by atoms with E-state index in [2.05, 4.69) is 30.4 Å². The van der Waals surface area contributed by atoms with Crippen LogP contribution in [0.5, 0.6) is 11.5 Å². The topological polar surface area (TPSA) is 70.3 Å². The fraction of sp³-hybridized carbons (Fsp3) is 0.467. The molecule has 21 heavy (non-hydrogen) atoms. The Balaban J connectivity index is 2.45. The van der Waals surface area contributed by atoms with E-state index in [1.54, 1.807) is 14.2 Å². The Hall–Kier alpha value is -1.66. The van der Waals surface area contributed by atoms with Gasteiger partial charge in [-0.3, -0.25) is 0 Å². The van der Waals surface area contributed by atoms with Gasteiger partial charge in [0, 0.05) is 11.5 Å². The van der Waals surface area contributed by atoms with Crippen LogP contribution in [-0.4, -0.2) is 23.8 Å². The van der Waals surface area contributed by atoms with Crippen LogP contribution < -0.4 is 15.2 Å². The molecule has 2 rings (SSSR count). The second kappa shape index (κ2) is 5.99. The minimum atomic E-state index is -0.303. The van der Waals surface area contributed by atoms with Crippen molar-refractivity contribution in [2.75, 3.05) is 14.2 Å².